The fourth-order valence-electron chi connectivity index (χ4n) is 2.06. The van der Waals surface area contributed by atoms with E-state index in [0.29, 0.717) is 0 Å². The minimum Gasteiger partial charge on any atom is -0.449 e. The van der Waals surface area contributed by atoms with Crippen molar-refractivity contribution in [3.05, 3.63) is 35.4 Å². The first kappa shape index (κ1) is 20.0. The van der Waals surface area contributed by atoms with Crippen LogP contribution in [-0.4, -0.2) is 36.1 Å². The van der Waals surface area contributed by atoms with Gasteiger partial charge in [0.15, 0.2) is 6.61 Å². The summed E-state index contributed by atoms with van der Waals surface area (Å²) in [7, 11) is 0. The molecule has 4 nitrogen and oxygen atoms in total. The van der Waals surface area contributed by atoms with Crippen molar-refractivity contribution in [2.45, 2.75) is 39.9 Å². The molecule has 0 N–H and O–H groups in total. The highest BCUT2D eigenvalue weighted by molar-refractivity contribution is 6.32. The Morgan fingerprint density at radius 3 is 2.42 bits per heavy atom. The maximum atomic E-state index is 12.2. The standard InChI is InChI=1S/C17H22F3NO3/c1-4-12(2)9-21(10-14-8-6-5-7-13(14)3)15(22)16(23)24-11-17(18,19)20/h5-8,12H,4,9-11H2,1-3H3/t12-/m0/s1. The summed E-state index contributed by atoms with van der Waals surface area (Å²) in [5.41, 5.74) is 1.76. The summed E-state index contributed by atoms with van der Waals surface area (Å²) in [5.74, 6) is -2.43. The molecule has 0 aliphatic carbocycles. The van der Waals surface area contributed by atoms with Crippen LogP contribution in [0.4, 0.5) is 13.2 Å². The molecule has 0 bridgehead atoms. The van der Waals surface area contributed by atoms with Crippen LogP contribution in [0.25, 0.3) is 0 Å². The van der Waals surface area contributed by atoms with Crippen LogP contribution in [0, 0.1) is 12.8 Å². The first-order valence-electron chi connectivity index (χ1n) is 7.71. The lowest BCUT2D eigenvalue weighted by molar-refractivity contribution is -0.189. The van der Waals surface area contributed by atoms with Crippen molar-refractivity contribution in [3.8, 4) is 0 Å². The Labute approximate surface area is 139 Å². The topological polar surface area (TPSA) is 46.6 Å². The molecule has 1 aromatic rings. The van der Waals surface area contributed by atoms with Crippen LogP contribution < -0.4 is 0 Å². The molecular formula is C17H22F3NO3. The predicted octanol–water partition coefficient (Wildman–Crippen LogP) is 3.48. The molecule has 0 aliphatic heterocycles. The molecule has 0 saturated carbocycles. The molecule has 7 heteroatoms. The van der Waals surface area contributed by atoms with Gasteiger partial charge in [-0.15, -0.1) is 0 Å². The number of carbonyl (C=O) groups is 2. The molecule has 134 valence electrons. The number of rotatable bonds is 6. The van der Waals surface area contributed by atoms with Gasteiger partial charge in [0, 0.05) is 13.1 Å². The van der Waals surface area contributed by atoms with Crippen LogP contribution in [0.15, 0.2) is 24.3 Å². The molecule has 0 aromatic heterocycles. The minimum absolute atomic E-state index is 0.105. The maximum Gasteiger partial charge on any atom is 0.422 e. The van der Waals surface area contributed by atoms with Gasteiger partial charge in [-0.25, -0.2) is 4.79 Å². The second-order valence-corrected chi connectivity index (χ2v) is 5.82. The Morgan fingerprint density at radius 1 is 1.25 bits per heavy atom. The molecule has 1 amide bonds. The summed E-state index contributed by atoms with van der Waals surface area (Å²) < 4.78 is 40.5. The van der Waals surface area contributed by atoms with Gasteiger partial charge in [0.1, 0.15) is 0 Å². The van der Waals surface area contributed by atoms with E-state index >= 15 is 0 Å². The highest BCUT2D eigenvalue weighted by Gasteiger charge is 2.33. The third-order valence-electron chi connectivity index (χ3n) is 3.68. The Kier molecular flexibility index (Phi) is 7.25. The van der Waals surface area contributed by atoms with Crippen LogP contribution in [0.3, 0.4) is 0 Å². The number of esters is 1. The third kappa shape index (κ3) is 6.60. The van der Waals surface area contributed by atoms with E-state index in [-0.39, 0.29) is 19.0 Å². The number of benzene rings is 1. The maximum absolute atomic E-state index is 12.2. The fraction of sp³-hybridized carbons (Fsp3) is 0.529. The number of hydrogen-bond donors (Lipinski definition) is 0. The number of halogens is 3. The average Bonchev–Trinajstić information content (AvgIpc) is 2.52. The SMILES string of the molecule is CC[C@H](C)CN(Cc1ccccc1C)C(=O)C(=O)OCC(F)(F)F. The lowest BCUT2D eigenvalue weighted by Gasteiger charge is -2.25. The van der Waals surface area contributed by atoms with E-state index in [1.807, 2.05) is 39.0 Å². The quantitative estimate of drug-likeness (QED) is 0.586. The largest absolute Gasteiger partial charge is 0.449 e. The molecule has 0 spiro atoms. The van der Waals surface area contributed by atoms with E-state index in [9.17, 15) is 22.8 Å². The van der Waals surface area contributed by atoms with Crippen LogP contribution in [0.1, 0.15) is 31.4 Å². The van der Waals surface area contributed by atoms with Gasteiger partial charge in [-0.2, -0.15) is 13.2 Å². The second-order valence-electron chi connectivity index (χ2n) is 5.82. The molecule has 0 unspecified atom stereocenters. The Hall–Kier alpha value is -2.05. The normalized spacial score (nSPS) is 12.6. The van der Waals surface area contributed by atoms with Crippen molar-refractivity contribution in [3.63, 3.8) is 0 Å². The molecule has 0 saturated heterocycles. The van der Waals surface area contributed by atoms with Crippen molar-refractivity contribution in [2.24, 2.45) is 5.92 Å². The Morgan fingerprint density at radius 2 is 1.88 bits per heavy atom. The van der Waals surface area contributed by atoms with Gasteiger partial charge in [0.2, 0.25) is 0 Å². The lowest BCUT2D eigenvalue weighted by Crippen LogP contribution is -2.40. The van der Waals surface area contributed by atoms with E-state index < -0.39 is 24.7 Å². The molecule has 0 radical (unpaired) electrons. The molecule has 1 aromatic carbocycles. The highest BCUT2D eigenvalue weighted by atomic mass is 19.4. The minimum atomic E-state index is -4.66. The van der Waals surface area contributed by atoms with E-state index in [2.05, 4.69) is 4.74 Å². The molecule has 0 fully saturated rings. The molecule has 0 heterocycles. The average molecular weight is 345 g/mol. The van der Waals surface area contributed by atoms with Crippen LogP contribution in [0.5, 0.6) is 0 Å². The molecule has 1 atom stereocenters. The molecule has 1 rings (SSSR count). The van der Waals surface area contributed by atoms with E-state index in [4.69, 9.17) is 0 Å². The van der Waals surface area contributed by atoms with Crippen molar-refractivity contribution >= 4 is 11.9 Å². The number of amides is 1. The second kappa shape index (κ2) is 8.70. The summed E-state index contributed by atoms with van der Waals surface area (Å²) in [6, 6.07) is 7.32. The summed E-state index contributed by atoms with van der Waals surface area (Å²) in [5, 5.41) is 0. The van der Waals surface area contributed by atoms with Crippen molar-refractivity contribution in [1.82, 2.24) is 4.90 Å². The molecular weight excluding hydrogens is 323 g/mol. The van der Waals surface area contributed by atoms with Gasteiger partial charge in [0.05, 0.1) is 0 Å². The number of ether oxygens (including phenoxy) is 1. The van der Waals surface area contributed by atoms with Gasteiger partial charge in [-0.3, -0.25) is 4.79 Å². The van der Waals surface area contributed by atoms with E-state index in [0.717, 1.165) is 17.5 Å². The summed E-state index contributed by atoms with van der Waals surface area (Å²) in [6.07, 6.45) is -3.89. The number of aryl methyl sites for hydroxylation is 1. The number of nitrogens with zero attached hydrogens (tertiary/aromatic N) is 1. The Bertz CT molecular complexity index is 572. The first-order chi connectivity index (χ1) is 11.1. The molecule has 24 heavy (non-hydrogen) atoms. The summed E-state index contributed by atoms with van der Waals surface area (Å²) in [6.45, 7) is 4.35. The first-order valence-corrected chi connectivity index (χ1v) is 7.71. The van der Waals surface area contributed by atoms with Crippen LogP contribution in [-0.2, 0) is 20.9 Å². The monoisotopic (exact) mass is 345 g/mol. The van der Waals surface area contributed by atoms with Gasteiger partial charge in [0.25, 0.3) is 0 Å². The molecule has 0 aliphatic rings. The number of alkyl halides is 3. The predicted molar refractivity (Wildman–Crippen MR) is 83.1 cm³/mol. The Balaban J connectivity index is 2.86. The van der Waals surface area contributed by atoms with Gasteiger partial charge < -0.3 is 9.64 Å². The van der Waals surface area contributed by atoms with Crippen molar-refractivity contribution < 1.29 is 27.5 Å². The number of carbonyl (C=O) groups excluding carboxylic acids is 2. The van der Waals surface area contributed by atoms with Crippen molar-refractivity contribution in [2.75, 3.05) is 13.2 Å². The highest BCUT2D eigenvalue weighted by Crippen LogP contribution is 2.16. The summed E-state index contributed by atoms with van der Waals surface area (Å²) in [4.78, 5) is 25.1. The zero-order valence-corrected chi connectivity index (χ0v) is 14.0. The van der Waals surface area contributed by atoms with Gasteiger partial charge in [-0.1, -0.05) is 44.5 Å². The van der Waals surface area contributed by atoms with Crippen molar-refractivity contribution in [1.29, 1.82) is 0 Å². The van der Waals surface area contributed by atoms with Crippen LogP contribution >= 0.6 is 0 Å². The number of hydrogen-bond acceptors (Lipinski definition) is 3. The van der Waals surface area contributed by atoms with E-state index in [1.54, 1.807) is 6.07 Å². The van der Waals surface area contributed by atoms with E-state index in [1.165, 1.54) is 4.90 Å². The zero-order chi connectivity index (χ0) is 18.3. The summed E-state index contributed by atoms with van der Waals surface area (Å²) >= 11 is 0. The smallest absolute Gasteiger partial charge is 0.422 e. The fourth-order valence-corrected chi connectivity index (χ4v) is 2.06. The lowest BCUT2D eigenvalue weighted by atomic mass is 10.1. The van der Waals surface area contributed by atoms with Gasteiger partial charge >= 0.3 is 18.1 Å². The van der Waals surface area contributed by atoms with Gasteiger partial charge in [-0.05, 0) is 24.0 Å². The third-order valence-corrected chi connectivity index (χ3v) is 3.68. The zero-order valence-electron chi connectivity index (χ0n) is 14.0. The van der Waals surface area contributed by atoms with Crippen LogP contribution in [0.2, 0.25) is 0 Å².